The number of hydrogen-bond acceptors (Lipinski definition) is 5. The third-order valence-electron chi connectivity index (χ3n) is 6.82. The highest BCUT2D eigenvalue weighted by molar-refractivity contribution is 9.10. The molecule has 0 amide bonds. The van der Waals surface area contributed by atoms with Gasteiger partial charge in [0.1, 0.15) is 17.7 Å². The van der Waals surface area contributed by atoms with Crippen LogP contribution in [0, 0.1) is 6.92 Å². The summed E-state index contributed by atoms with van der Waals surface area (Å²) in [7, 11) is 0. The van der Waals surface area contributed by atoms with Crippen molar-refractivity contribution in [3.63, 3.8) is 0 Å². The molecule has 1 atom stereocenters. The van der Waals surface area contributed by atoms with E-state index >= 15 is 0 Å². The van der Waals surface area contributed by atoms with Gasteiger partial charge in [-0.1, -0.05) is 45.7 Å². The summed E-state index contributed by atoms with van der Waals surface area (Å²) >= 11 is 9.64. The first kappa shape index (κ1) is 22.3. The molecule has 3 aromatic carbocycles. The zero-order valence-corrected chi connectivity index (χ0v) is 21.9. The standard InChI is InChI=1S/C29H18BrClN4O2/c1-16-26-27(22-15-37-24-12-7-18(30)14-21(24)28(22)36)34-23-5-3-2-4-17(23)6-13-25(34)32-29(26)35(33-16)20-10-8-19(31)9-11-20/h2-15,27H,1H3. The van der Waals surface area contributed by atoms with Gasteiger partial charge in [-0.2, -0.15) is 5.10 Å². The largest absolute Gasteiger partial charge is 0.464 e. The molecule has 180 valence electrons. The molecule has 8 heteroatoms. The van der Waals surface area contributed by atoms with Gasteiger partial charge in [-0.05, 0) is 73.2 Å². The Labute approximate surface area is 225 Å². The number of aryl methyl sites for hydroxylation is 1. The SMILES string of the molecule is Cc1nn(-c2ccc(Cl)cc2)c2c1C(c1coc3ccc(Br)cc3c1=O)N1C(=N2)C=Cc2ccccc21. The molecule has 0 saturated carbocycles. The predicted molar refractivity (Wildman–Crippen MR) is 150 cm³/mol. The Balaban J connectivity index is 1.54. The molecule has 0 radical (unpaired) electrons. The molecular weight excluding hydrogens is 552 g/mol. The second-order valence-electron chi connectivity index (χ2n) is 9.01. The third kappa shape index (κ3) is 3.42. The molecule has 0 aliphatic carbocycles. The molecule has 2 aliphatic rings. The highest BCUT2D eigenvalue weighted by Gasteiger charge is 2.39. The van der Waals surface area contributed by atoms with Gasteiger partial charge in [0.2, 0.25) is 0 Å². The summed E-state index contributed by atoms with van der Waals surface area (Å²) in [6, 6.07) is 20.5. The van der Waals surface area contributed by atoms with Gasteiger partial charge in [0.15, 0.2) is 11.2 Å². The molecule has 2 aliphatic heterocycles. The van der Waals surface area contributed by atoms with Crippen LogP contribution in [0.4, 0.5) is 11.5 Å². The van der Waals surface area contributed by atoms with E-state index in [0.717, 1.165) is 38.5 Å². The number of aliphatic imine (C=N–C) groups is 1. The van der Waals surface area contributed by atoms with E-state index in [0.29, 0.717) is 27.4 Å². The molecule has 0 N–H and O–H groups in total. The van der Waals surface area contributed by atoms with Crippen molar-refractivity contribution in [2.75, 3.05) is 4.90 Å². The number of nitrogens with zero attached hydrogens (tertiary/aromatic N) is 4. The van der Waals surface area contributed by atoms with E-state index in [1.165, 1.54) is 0 Å². The predicted octanol–water partition coefficient (Wildman–Crippen LogP) is 7.37. The Morgan fingerprint density at radius 1 is 1.03 bits per heavy atom. The van der Waals surface area contributed by atoms with Gasteiger partial charge in [0, 0.05) is 15.1 Å². The smallest absolute Gasteiger partial charge is 0.198 e. The van der Waals surface area contributed by atoms with Gasteiger partial charge in [-0.25, -0.2) is 9.67 Å². The van der Waals surface area contributed by atoms with Crippen LogP contribution in [0.25, 0.3) is 22.7 Å². The molecule has 1 unspecified atom stereocenters. The van der Waals surface area contributed by atoms with Crippen LogP contribution in [0.2, 0.25) is 5.02 Å². The number of hydrogen-bond donors (Lipinski definition) is 0. The second kappa shape index (κ2) is 8.30. The van der Waals surface area contributed by atoms with Gasteiger partial charge in [0.25, 0.3) is 0 Å². The lowest BCUT2D eigenvalue weighted by atomic mass is 9.92. The van der Waals surface area contributed by atoms with Gasteiger partial charge in [0.05, 0.1) is 34.1 Å². The van der Waals surface area contributed by atoms with Crippen LogP contribution in [-0.4, -0.2) is 15.6 Å². The van der Waals surface area contributed by atoms with Crippen molar-refractivity contribution in [1.29, 1.82) is 0 Å². The van der Waals surface area contributed by atoms with Crippen LogP contribution in [0.5, 0.6) is 0 Å². The zero-order chi connectivity index (χ0) is 25.3. The lowest BCUT2D eigenvalue weighted by molar-refractivity contribution is 0.585. The summed E-state index contributed by atoms with van der Waals surface area (Å²) in [5.41, 5.74) is 5.43. The highest BCUT2D eigenvalue weighted by atomic mass is 79.9. The quantitative estimate of drug-likeness (QED) is 0.223. The maximum Gasteiger partial charge on any atom is 0.198 e. The van der Waals surface area contributed by atoms with Crippen LogP contribution >= 0.6 is 27.5 Å². The lowest BCUT2D eigenvalue weighted by Gasteiger charge is -2.38. The maximum atomic E-state index is 14.0. The maximum absolute atomic E-state index is 14.0. The second-order valence-corrected chi connectivity index (χ2v) is 10.4. The molecule has 0 saturated heterocycles. The number of fused-ring (bicyclic) bond motifs is 5. The Morgan fingerprint density at radius 2 is 1.84 bits per heavy atom. The number of rotatable bonds is 2. The molecule has 5 aromatic rings. The Hall–Kier alpha value is -3.94. The monoisotopic (exact) mass is 568 g/mol. The first-order chi connectivity index (χ1) is 18.0. The van der Waals surface area contributed by atoms with Crippen molar-refractivity contribution in [2.24, 2.45) is 4.99 Å². The minimum Gasteiger partial charge on any atom is -0.464 e. The molecule has 7 rings (SSSR count). The van der Waals surface area contributed by atoms with Crippen LogP contribution in [0.15, 0.2) is 97.7 Å². The summed E-state index contributed by atoms with van der Waals surface area (Å²) < 4.78 is 8.64. The molecule has 0 bridgehead atoms. The molecule has 6 nitrogen and oxygen atoms in total. The van der Waals surface area contributed by atoms with Crippen molar-refractivity contribution in [3.8, 4) is 5.69 Å². The average Bonchev–Trinajstić information content (AvgIpc) is 3.24. The summed E-state index contributed by atoms with van der Waals surface area (Å²) in [4.78, 5) is 21.2. The molecule has 0 spiro atoms. The van der Waals surface area contributed by atoms with Crippen LogP contribution in [0.3, 0.4) is 0 Å². The summed E-state index contributed by atoms with van der Waals surface area (Å²) in [6.07, 6.45) is 5.60. The Kier molecular flexibility index (Phi) is 4.99. The van der Waals surface area contributed by atoms with Gasteiger partial charge >= 0.3 is 0 Å². The van der Waals surface area contributed by atoms with Gasteiger partial charge in [-0.3, -0.25) is 4.79 Å². The van der Waals surface area contributed by atoms with E-state index in [-0.39, 0.29) is 5.43 Å². The fraction of sp³-hybridized carbons (Fsp3) is 0.0690. The van der Waals surface area contributed by atoms with Crippen LogP contribution in [-0.2, 0) is 0 Å². The Morgan fingerprint density at radius 3 is 2.68 bits per heavy atom. The number of halogens is 2. The van der Waals surface area contributed by atoms with E-state index in [9.17, 15) is 4.79 Å². The normalized spacial score (nSPS) is 15.8. The molecule has 4 heterocycles. The molecule has 2 aromatic heterocycles. The highest BCUT2D eigenvalue weighted by Crippen LogP contribution is 2.46. The lowest BCUT2D eigenvalue weighted by Crippen LogP contribution is -2.40. The zero-order valence-electron chi connectivity index (χ0n) is 19.5. The molecule has 37 heavy (non-hydrogen) atoms. The number of benzene rings is 3. The Bertz CT molecular complexity index is 1850. The van der Waals surface area contributed by atoms with Crippen LogP contribution in [0.1, 0.15) is 28.4 Å². The number of amidine groups is 1. The third-order valence-corrected chi connectivity index (χ3v) is 7.56. The first-order valence-corrected chi connectivity index (χ1v) is 12.9. The summed E-state index contributed by atoms with van der Waals surface area (Å²) in [6.45, 7) is 1.95. The van der Waals surface area contributed by atoms with E-state index in [1.54, 1.807) is 18.4 Å². The minimum absolute atomic E-state index is 0.0922. The number of anilines is 1. The van der Waals surface area contributed by atoms with E-state index in [4.69, 9.17) is 26.1 Å². The summed E-state index contributed by atoms with van der Waals surface area (Å²) in [5, 5.41) is 6.02. The van der Waals surface area contributed by atoms with Gasteiger partial charge in [-0.15, -0.1) is 0 Å². The van der Waals surface area contributed by atoms with Crippen molar-refractivity contribution in [2.45, 2.75) is 13.0 Å². The summed E-state index contributed by atoms with van der Waals surface area (Å²) in [5.74, 6) is 1.40. The van der Waals surface area contributed by atoms with Crippen LogP contribution < -0.4 is 10.3 Å². The van der Waals surface area contributed by atoms with Gasteiger partial charge < -0.3 is 9.32 Å². The van der Waals surface area contributed by atoms with E-state index in [2.05, 4.69) is 26.9 Å². The first-order valence-electron chi connectivity index (χ1n) is 11.7. The van der Waals surface area contributed by atoms with Crippen molar-refractivity contribution >= 4 is 61.9 Å². The van der Waals surface area contributed by atoms with Crippen molar-refractivity contribution in [3.05, 3.63) is 121 Å². The minimum atomic E-state index is -0.491. The molecular formula is C29H18BrClN4O2. The number of para-hydroxylation sites is 1. The molecule has 0 fully saturated rings. The van der Waals surface area contributed by atoms with E-state index in [1.807, 2.05) is 72.3 Å². The average molecular weight is 570 g/mol. The van der Waals surface area contributed by atoms with Crippen molar-refractivity contribution < 1.29 is 4.42 Å². The fourth-order valence-corrected chi connectivity index (χ4v) is 5.62. The van der Waals surface area contributed by atoms with Crippen molar-refractivity contribution in [1.82, 2.24) is 9.78 Å². The fourth-order valence-electron chi connectivity index (χ4n) is 5.13. The van der Waals surface area contributed by atoms with E-state index < -0.39 is 6.04 Å². The topological polar surface area (TPSA) is 63.6 Å². The number of aromatic nitrogens is 2.